The summed E-state index contributed by atoms with van der Waals surface area (Å²) in [7, 11) is 1.78. The van der Waals surface area contributed by atoms with Crippen LogP contribution < -0.4 is 21.3 Å². The Labute approximate surface area is 174 Å². The molecule has 1 aromatic carbocycles. The maximum absolute atomic E-state index is 12.5. The molecule has 29 heavy (non-hydrogen) atoms. The highest BCUT2D eigenvalue weighted by atomic mass is 32.1. The molecular weight excluding hydrogens is 388 g/mol. The van der Waals surface area contributed by atoms with Crippen LogP contribution in [-0.2, 0) is 22.4 Å². The van der Waals surface area contributed by atoms with Crippen LogP contribution in [0.2, 0.25) is 0 Å². The second kappa shape index (κ2) is 8.75. The van der Waals surface area contributed by atoms with Crippen molar-refractivity contribution in [3.8, 4) is 0 Å². The van der Waals surface area contributed by atoms with Crippen molar-refractivity contribution in [1.29, 1.82) is 0 Å². The van der Waals surface area contributed by atoms with Crippen LogP contribution in [0.4, 0.5) is 10.7 Å². The largest absolute Gasteiger partial charge is 0.365 e. The fourth-order valence-electron chi connectivity index (χ4n) is 3.62. The van der Waals surface area contributed by atoms with Crippen molar-refractivity contribution in [3.05, 3.63) is 45.3 Å². The Morgan fingerprint density at radius 3 is 2.48 bits per heavy atom. The number of primary amides is 1. The van der Waals surface area contributed by atoms with Gasteiger partial charge in [0, 0.05) is 10.6 Å². The molecule has 0 bridgehead atoms. The lowest BCUT2D eigenvalue weighted by atomic mass is 10.1. The van der Waals surface area contributed by atoms with Crippen molar-refractivity contribution in [3.63, 3.8) is 0 Å². The molecule has 1 unspecified atom stereocenters. The van der Waals surface area contributed by atoms with Gasteiger partial charge in [-0.3, -0.25) is 14.4 Å². The number of aryl methyl sites for hydroxylation is 2. The third kappa shape index (κ3) is 4.83. The summed E-state index contributed by atoms with van der Waals surface area (Å²) in [6, 6.07) is 5.76. The zero-order chi connectivity index (χ0) is 21.1. The Balaban J connectivity index is 1.56. The van der Waals surface area contributed by atoms with Crippen molar-refractivity contribution in [2.45, 2.75) is 33.1 Å². The van der Waals surface area contributed by atoms with E-state index in [0.29, 0.717) is 10.6 Å². The monoisotopic (exact) mass is 415 g/mol. The standard InChI is InChI=1S/C21H26N4O3S/c1-12-6-4-8-15(13(12)2)23-17(26)10-25(3)11-18(27)24-21-19(20(22)28)14-7-5-9-16(14)29-21/h4,6,8H,5,7,9-11H2,1-3H3,(H2,22,28)(H,23,26)(H,24,27)/p+1. The van der Waals surface area contributed by atoms with Gasteiger partial charge in [0.25, 0.3) is 17.7 Å². The van der Waals surface area contributed by atoms with Crippen LogP contribution in [0.25, 0.3) is 0 Å². The van der Waals surface area contributed by atoms with Gasteiger partial charge in [0.15, 0.2) is 13.1 Å². The van der Waals surface area contributed by atoms with Crippen molar-refractivity contribution in [2.24, 2.45) is 5.73 Å². The number of carbonyl (C=O) groups is 3. The zero-order valence-corrected chi connectivity index (χ0v) is 17.8. The number of likely N-dealkylation sites (N-methyl/N-ethyl adjacent to an activating group) is 1. The number of thiophene rings is 1. The molecular formula is C21H27N4O3S+. The molecule has 2 aromatic rings. The van der Waals surface area contributed by atoms with Crippen LogP contribution in [0.3, 0.4) is 0 Å². The molecule has 0 radical (unpaired) electrons. The van der Waals surface area contributed by atoms with Gasteiger partial charge in [-0.1, -0.05) is 12.1 Å². The van der Waals surface area contributed by atoms with Crippen LogP contribution >= 0.6 is 11.3 Å². The minimum atomic E-state index is -0.506. The molecule has 7 nitrogen and oxygen atoms in total. The van der Waals surface area contributed by atoms with Gasteiger partial charge in [-0.05, 0) is 55.9 Å². The quantitative estimate of drug-likeness (QED) is 0.543. The number of carbonyl (C=O) groups excluding carboxylic acids is 3. The van der Waals surface area contributed by atoms with E-state index in [1.807, 2.05) is 32.0 Å². The van der Waals surface area contributed by atoms with E-state index in [9.17, 15) is 14.4 Å². The molecule has 1 heterocycles. The van der Waals surface area contributed by atoms with E-state index in [2.05, 4.69) is 10.6 Å². The van der Waals surface area contributed by atoms with E-state index in [-0.39, 0.29) is 24.9 Å². The Morgan fingerprint density at radius 1 is 1.10 bits per heavy atom. The molecule has 0 fully saturated rings. The predicted molar refractivity (Wildman–Crippen MR) is 115 cm³/mol. The molecule has 3 amide bonds. The smallest absolute Gasteiger partial charge is 0.280 e. The number of nitrogens with two attached hydrogens (primary N) is 1. The molecule has 1 aromatic heterocycles. The predicted octanol–water partition coefficient (Wildman–Crippen LogP) is 1.04. The van der Waals surface area contributed by atoms with Gasteiger partial charge in [-0.2, -0.15) is 0 Å². The van der Waals surface area contributed by atoms with Gasteiger partial charge in [0.2, 0.25) is 0 Å². The molecule has 0 saturated heterocycles. The first-order valence-electron chi connectivity index (χ1n) is 9.67. The Hall–Kier alpha value is -2.71. The third-order valence-electron chi connectivity index (χ3n) is 5.22. The highest BCUT2D eigenvalue weighted by Crippen LogP contribution is 2.38. The fraction of sp³-hybridized carbons (Fsp3) is 0.381. The molecule has 1 aliphatic carbocycles. The number of nitrogens with one attached hydrogen (secondary N) is 3. The first-order valence-corrected chi connectivity index (χ1v) is 10.5. The number of benzene rings is 1. The Kier molecular flexibility index (Phi) is 6.34. The fourth-order valence-corrected chi connectivity index (χ4v) is 4.93. The lowest BCUT2D eigenvalue weighted by molar-refractivity contribution is -0.862. The molecule has 1 atom stereocenters. The molecule has 0 spiro atoms. The Bertz CT molecular complexity index is 967. The Morgan fingerprint density at radius 2 is 1.79 bits per heavy atom. The van der Waals surface area contributed by atoms with Crippen molar-refractivity contribution < 1.29 is 19.3 Å². The molecule has 0 aliphatic heterocycles. The van der Waals surface area contributed by atoms with Crippen molar-refractivity contribution in [2.75, 3.05) is 30.8 Å². The van der Waals surface area contributed by atoms with E-state index in [0.717, 1.165) is 51.4 Å². The number of rotatable bonds is 7. The summed E-state index contributed by atoms with van der Waals surface area (Å²) in [5.41, 5.74) is 9.87. The van der Waals surface area contributed by atoms with Gasteiger partial charge >= 0.3 is 0 Å². The molecule has 3 rings (SSSR count). The maximum Gasteiger partial charge on any atom is 0.280 e. The van der Waals surface area contributed by atoms with E-state index in [1.165, 1.54) is 11.3 Å². The first kappa shape index (κ1) is 21.0. The molecule has 0 saturated carbocycles. The van der Waals surface area contributed by atoms with E-state index in [1.54, 1.807) is 7.05 Å². The second-order valence-electron chi connectivity index (χ2n) is 7.58. The maximum atomic E-state index is 12.5. The average Bonchev–Trinajstić information content (AvgIpc) is 3.18. The number of quaternary nitrogens is 1. The summed E-state index contributed by atoms with van der Waals surface area (Å²) < 4.78 is 0. The number of amides is 3. The zero-order valence-electron chi connectivity index (χ0n) is 17.0. The van der Waals surface area contributed by atoms with E-state index >= 15 is 0 Å². The van der Waals surface area contributed by atoms with Crippen LogP contribution in [0.1, 0.15) is 38.3 Å². The summed E-state index contributed by atoms with van der Waals surface area (Å²) in [6.07, 6.45) is 2.75. The number of anilines is 2. The number of hydrogen-bond acceptors (Lipinski definition) is 4. The topological polar surface area (TPSA) is 106 Å². The molecule has 5 N–H and O–H groups in total. The van der Waals surface area contributed by atoms with Gasteiger partial charge in [-0.25, -0.2) is 0 Å². The van der Waals surface area contributed by atoms with E-state index in [4.69, 9.17) is 5.73 Å². The summed E-state index contributed by atoms with van der Waals surface area (Å²) in [6.45, 7) is 4.22. The molecule has 1 aliphatic rings. The summed E-state index contributed by atoms with van der Waals surface area (Å²) >= 11 is 1.43. The second-order valence-corrected chi connectivity index (χ2v) is 8.69. The normalized spacial score (nSPS) is 13.6. The minimum absolute atomic E-state index is 0.112. The third-order valence-corrected chi connectivity index (χ3v) is 6.43. The molecule has 8 heteroatoms. The van der Waals surface area contributed by atoms with Crippen LogP contribution in [0.5, 0.6) is 0 Å². The highest BCUT2D eigenvalue weighted by molar-refractivity contribution is 7.17. The van der Waals surface area contributed by atoms with Crippen molar-refractivity contribution >= 4 is 39.7 Å². The van der Waals surface area contributed by atoms with Crippen LogP contribution in [0.15, 0.2) is 18.2 Å². The molecule has 154 valence electrons. The number of hydrogen-bond donors (Lipinski definition) is 4. The van der Waals surface area contributed by atoms with Crippen LogP contribution in [-0.4, -0.2) is 37.9 Å². The van der Waals surface area contributed by atoms with Gasteiger partial charge in [-0.15, -0.1) is 11.3 Å². The lowest BCUT2D eigenvalue weighted by Crippen LogP contribution is -3.11. The first-order chi connectivity index (χ1) is 13.8. The van der Waals surface area contributed by atoms with Crippen molar-refractivity contribution in [1.82, 2.24) is 0 Å². The lowest BCUT2D eigenvalue weighted by Gasteiger charge is -2.15. The van der Waals surface area contributed by atoms with Gasteiger partial charge in [0.1, 0.15) is 5.00 Å². The highest BCUT2D eigenvalue weighted by Gasteiger charge is 2.26. The SMILES string of the molecule is Cc1cccc(NC(=O)C[NH+](C)CC(=O)Nc2sc3c(c2C(N)=O)CCC3)c1C. The van der Waals surface area contributed by atoms with E-state index < -0.39 is 5.91 Å². The summed E-state index contributed by atoms with van der Waals surface area (Å²) in [5, 5.41) is 6.25. The summed E-state index contributed by atoms with van der Waals surface area (Å²) in [5.74, 6) is -0.908. The average molecular weight is 416 g/mol. The summed E-state index contributed by atoms with van der Waals surface area (Å²) in [4.78, 5) is 38.5. The minimum Gasteiger partial charge on any atom is -0.365 e. The van der Waals surface area contributed by atoms with Gasteiger partial charge < -0.3 is 21.3 Å². The van der Waals surface area contributed by atoms with Gasteiger partial charge in [0.05, 0.1) is 12.6 Å². The van der Waals surface area contributed by atoms with Crippen LogP contribution in [0, 0.1) is 13.8 Å². The number of fused-ring (bicyclic) bond motifs is 1.